The molecule has 172 valence electrons. The lowest BCUT2D eigenvalue weighted by Crippen LogP contribution is -2.36. The molecule has 32 heavy (non-hydrogen) atoms. The highest BCUT2D eigenvalue weighted by molar-refractivity contribution is 7.93. The molecule has 0 saturated carbocycles. The van der Waals surface area contributed by atoms with Gasteiger partial charge in [0.05, 0.1) is 26.0 Å². The molecule has 3 rings (SSSR count). The number of nitrogens with zero attached hydrogens (tertiary/aromatic N) is 4. The molecule has 3 aromatic rings. The van der Waals surface area contributed by atoms with E-state index in [0.717, 1.165) is 4.40 Å². The van der Waals surface area contributed by atoms with Gasteiger partial charge in [0.1, 0.15) is 5.65 Å². The van der Waals surface area contributed by atoms with Crippen molar-refractivity contribution < 1.29 is 31.1 Å². The first-order chi connectivity index (χ1) is 15.0. The Balaban J connectivity index is 2.02. The number of anilines is 1. The SMILES string of the molecule is CCS(=O)(=O)c1nc2ccc(C)cn2c1S(=O)(=O)NC(=O)Nc1nc(OC)cc(OC)n1. The zero-order valence-corrected chi connectivity index (χ0v) is 19.1. The van der Waals surface area contributed by atoms with E-state index in [2.05, 4.69) is 20.3 Å². The van der Waals surface area contributed by atoms with E-state index < -0.39 is 35.9 Å². The maximum Gasteiger partial charge on any atom is 0.335 e. The van der Waals surface area contributed by atoms with Crippen molar-refractivity contribution in [1.29, 1.82) is 0 Å². The number of sulfonamides is 1. The summed E-state index contributed by atoms with van der Waals surface area (Å²) < 4.78 is 64.0. The minimum Gasteiger partial charge on any atom is -0.481 e. The van der Waals surface area contributed by atoms with Gasteiger partial charge in [0.25, 0.3) is 10.0 Å². The van der Waals surface area contributed by atoms with Crippen molar-refractivity contribution in [2.75, 3.05) is 25.3 Å². The summed E-state index contributed by atoms with van der Waals surface area (Å²) in [5, 5.41) is 0.806. The molecule has 3 aromatic heterocycles. The molecule has 0 bridgehead atoms. The number of rotatable bonds is 7. The van der Waals surface area contributed by atoms with Crippen molar-refractivity contribution in [2.24, 2.45) is 0 Å². The third-order valence-electron chi connectivity index (χ3n) is 4.17. The lowest BCUT2D eigenvalue weighted by atomic mass is 10.3. The van der Waals surface area contributed by atoms with Crippen LogP contribution in [0.5, 0.6) is 11.8 Å². The van der Waals surface area contributed by atoms with Crippen LogP contribution in [0, 0.1) is 6.92 Å². The number of carbonyl (C=O) groups is 1. The normalized spacial score (nSPS) is 11.9. The van der Waals surface area contributed by atoms with E-state index in [1.54, 1.807) is 17.7 Å². The van der Waals surface area contributed by atoms with Crippen LogP contribution in [0.3, 0.4) is 0 Å². The molecule has 0 spiro atoms. The number of hydrogen-bond donors (Lipinski definition) is 2. The van der Waals surface area contributed by atoms with E-state index in [1.807, 2.05) is 0 Å². The third-order valence-corrected chi connectivity index (χ3v) is 7.29. The quantitative estimate of drug-likeness (QED) is 0.487. The predicted molar refractivity (Wildman–Crippen MR) is 112 cm³/mol. The molecule has 2 N–H and O–H groups in total. The number of nitrogens with one attached hydrogen (secondary N) is 2. The van der Waals surface area contributed by atoms with Crippen molar-refractivity contribution in [2.45, 2.75) is 23.9 Å². The fourth-order valence-electron chi connectivity index (χ4n) is 2.66. The number of fused-ring (bicyclic) bond motifs is 1. The monoisotopic (exact) mass is 484 g/mol. The van der Waals surface area contributed by atoms with Crippen LogP contribution in [0.4, 0.5) is 10.7 Å². The van der Waals surface area contributed by atoms with Crippen LogP contribution in [0.25, 0.3) is 5.65 Å². The lowest BCUT2D eigenvalue weighted by Gasteiger charge is -2.10. The predicted octanol–water partition coefficient (Wildman–Crippen LogP) is 0.754. The molecule has 0 aliphatic heterocycles. The van der Waals surface area contributed by atoms with Crippen LogP contribution < -0.4 is 19.5 Å². The summed E-state index contributed by atoms with van der Waals surface area (Å²) in [5.74, 6) is -0.571. The number of aromatic nitrogens is 4. The Labute approximate surface area is 183 Å². The molecule has 0 unspecified atom stereocenters. The fourth-order valence-corrected chi connectivity index (χ4v) is 5.31. The highest BCUT2D eigenvalue weighted by Crippen LogP contribution is 2.24. The molecule has 0 atom stereocenters. The molecule has 0 saturated heterocycles. The Morgan fingerprint density at radius 3 is 2.25 bits per heavy atom. The molecule has 0 aliphatic rings. The second-order valence-electron chi connectivity index (χ2n) is 6.40. The van der Waals surface area contributed by atoms with E-state index in [1.165, 1.54) is 39.5 Å². The maximum absolute atomic E-state index is 13.1. The number of sulfone groups is 1. The molecular weight excluding hydrogens is 464 g/mol. The first-order valence-electron chi connectivity index (χ1n) is 9.03. The van der Waals surface area contributed by atoms with Crippen LogP contribution in [-0.2, 0) is 19.9 Å². The molecular formula is C17H20N6O7S2. The summed E-state index contributed by atoms with van der Waals surface area (Å²) in [6.45, 7) is 3.05. The molecule has 0 aromatic carbocycles. The number of urea groups is 1. The van der Waals surface area contributed by atoms with Gasteiger partial charge in [-0.2, -0.15) is 18.4 Å². The highest BCUT2D eigenvalue weighted by atomic mass is 32.2. The Kier molecular flexibility index (Phi) is 6.23. The third kappa shape index (κ3) is 4.57. The van der Waals surface area contributed by atoms with Gasteiger partial charge in [0.15, 0.2) is 19.9 Å². The van der Waals surface area contributed by atoms with E-state index in [9.17, 15) is 21.6 Å². The van der Waals surface area contributed by atoms with Gasteiger partial charge in [-0.3, -0.25) is 9.72 Å². The second kappa shape index (κ2) is 8.58. The second-order valence-corrected chi connectivity index (χ2v) is 10.2. The van der Waals surface area contributed by atoms with Crippen molar-refractivity contribution in [3.05, 3.63) is 30.0 Å². The van der Waals surface area contributed by atoms with Gasteiger partial charge in [0, 0.05) is 6.20 Å². The minimum absolute atomic E-state index is 0.0589. The Morgan fingerprint density at radius 1 is 1.06 bits per heavy atom. The van der Waals surface area contributed by atoms with Gasteiger partial charge < -0.3 is 9.47 Å². The average Bonchev–Trinajstić information content (AvgIpc) is 3.13. The van der Waals surface area contributed by atoms with E-state index >= 15 is 0 Å². The number of aryl methyl sites for hydroxylation is 1. The first-order valence-corrected chi connectivity index (χ1v) is 12.2. The smallest absolute Gasteiger partial charge is 0.335 e. The molecule has 2 amide bonds. The fraction of sp³-hybridized carbons (Fsp3) is 0.294. The Morgan fingerprint density at radius 2 is 1.69 bits per heavy atom. The van der Waals surface area contributed by atoms with Gasteiger partial charge in [-0.1, -0.05) is 13.0 Å². The number of amides is 2. The van der Waals surface area contributed by atoms with E-state index in [-0.39, 0.29) is 29.1 Å². The molecule has 3 heterocycles. The molecule has 0 fully saturated rings. The standard InChI is InChI=1S/C17H20N6O7S2/c1-5-31(25,26)14-15(23-9-10(2)6-7-11(23)18-14)32(27,28)22-17(24)21-16-19-12(29-3)8-13(20-16)30-4/h6-9H,5H2,1-4H3,(H2,19,20,21,22,24). The van der Waals surface area contributed by atoms with Crippen LogP contribution in [0.1, 0.15) is 12.5 Å². The summed E-state index contributed by atoms with van der Waals surface area (Å²) in [4.78, 5) is 24.1. The van der Waals surface area contributed by atoms with Crippen LogP contribution >= 0.6 is 0 Å². The van der Waals surface area contributed by atoms with Crippen molar-refractivity contribution in [1.82, 2.24) is 24.1 Å². The summed E-state index contributed by atoms with van der Waals surface area (Å²) in [6, 6.07) is 3.24. The largest absolute Gasteiger partial charge is 0.481 e. The van der Waals surface area contributed by atoms with Crippen molar-refractivity contribution in [3.8, 4) is 11.8 Å². The number of imidazole rings is 1. The highest BCUT2D eigenvalue weighted by Gasteiger charge is 2.33. The molecule has 0 radical (unpaired) electrons. The van der Waals surface area contributed by atoms with Crippen LogP contribution in [-0.4, -0.2) is 62.2 Å². The summed E-state index contributed by atoms with van der Waals surface area (Å²) >= 11 is 0. The Bertz CT molecular complexity index is 1380. The topological polar surface area (TPSA) is 171 Å². The number of pyridine rings is 1. The van der Waals surface area contributed by atoms with Crippen molar-refractivity contribution in [3.63, 3.8) is 0 Å². The first kappa shape index (κ1) is 23.2. The average molecular weight is 485 g/mol. The van der Waals surface area contributed by atoms with Crippen LogP contribution in [0.2, 0.25) is 0 Å². The number of ether oxygens (including phenoxy) is 2. The van der Waals surface area contributed by atoms with Gasteiger partial charge in [-0.05, 0) is 18.6 Å². The van der Waals surface area contributed by atoms with E-state index in [4.69, 9.17) is 9.47 Å². The Hall–Kier alpha value is -3.46. The zero-order chi connectivity index (χ0) is 23.7. The minimum atomic E-state index is -4.69. The van der Waals surface area contributed by atoms with E-state index in [0.29, 0.717) is 5.56 Å². The number of hydrogen-bond acceptors (Lipinski definition) is 10. The van der Waals surface area contributed by atoms with Gasteiger partial charge in [-0.15, -0.1) is 0 Å². The van der Waals surface area contributed by atoms with Gasteiger partial charge >= 0.3 is 6.03 Å². The zero-order valence-electron chi connectivity index (χ0n) is 17.5. The molecule has 15 heteroatoms. The van der Waals surface area contributed by atoms with Gasteiger partial charge in [0.2, 0.25) is 17.7 Å². The molecule has 13 nitrogen and oxygen atoms in total. The van der Waals surface area contributed by atoms with Crippen LogP contribution in [0.15, 0.2) is 34.4 Å². The number of methoxy groups -OCH3 is 2. The lowest BCUT2D eigenvalue weighted by molar-refractivity contribution is 0.256. The van der Waals surface area contributed by atoms with Gasteiger partial charge in [-0.25, -0.2) is 22.9 Å². The maximum atomic E-state index is 13.1. The summed E-state index contributed by atoms with van der Waals surface area (Å²) in [6.07, 6.45) is 1.40. The molecule has 0 aliphatic carbocycles. The number of carbonyl (C=O) groups excluding carboxylic acids is 1. The summed E-state index contributed by atoms with van der Waals surface area (Å²) in [7, 11) is -6.07. The van der Waals surface area contributed by atoms with Crippen molar-refractivity contribution >= 4 is 37.5 Å². The summed E-state index contributed by atoms with van der Waals surface area (Å²) in [5.41, 5.74) is 0.734.